The van der Waals surface area contributed by atoms with Crippen molar-refractivity contribution in [3.05, 3.63) is 70.2 Å². The molecule has 0 amide bonds. The Morgan fingerprint density at radius 2 is 1.74 bits per heavy atom. The first-order chi connectivity index (χ1) is 10.7. The molecule has 0 saturated heterocycles. The number of nitrogens with zero attached hydrogens (tertiary/aromatic N) is 1. The molecule has 0 aliphatic heterocycles. The third kappa shape index (κ3) is 5.06. The highest BCUT2D eigenvalue weighted by molar-refractivity contribution is 5.87. The number of hydrogen-bond acceptors (Lipinski definition) is 6. The van der Waals surface area contributed by atoms with E-state index in [0.717, 1.165) is 12.5 Å². The number of rotatable bonds is 5. The average Bonchev–Trinajstić information content (AvgIpc) is 2.49. The minimum Gasteiger partial charge on any atom is -0.431 e. The summed E-state index contributed by atoms with van der Waals surface area (Å²) in [7, 11) is 0. The van der Waals surface area contributed by atoms with Crippen molar-refractivity contribution in [3.63, 3.8) is 0 Å². The van der Waals surface area contributed by atoms with Crippen molar-refractivity contribution in [1.29, 1.82) is 0 Å². The van der Waals surface area contributed by atoms with Gasteiger partial charge in [0.15, 0.2) is 0 Å². The third-order valence-electron chi connectivity index (χ3n) is 2.86. The summed E-state index contributed by atoms with van der Waals surface area (Å²) >= 11 is 0. The summed E-state index contributed by atoms with van der Waals surface area (Å²) in [6.07, 6.45) is 5.41. The van der Waals surface area contributed by atoms with Crippen LogP contribution in [0.4, 0.5) is 0 Å². The van der Waals surface area contributed by atoms with Gasteiger partial charge in [-0.15, -0.1) is 0 Å². The zero-order valence-electron chi connectivity index (χ0n) is 12.9. The Bertz CT molecular complexity index is 653. The normalized spacial score (nSPS) is 20.2. The first-order valence-electron chi connectivity index (χ1n) is 6.66. The van der Waals surface area contributed by atoms with Crippen LogP contribution in [0.15, 0.2) is 60.1 Å². The Kier molecular flexibility index (Phi) is 6.20. The molecule has 0 heterocycles. The first kappa shape index (κ1) is 18.1. The topological polar surface area (TPSA) is 95.7 Å². The van der Waals surface area contributed by atoms with Gasteiger partial charge in [0, 0.05) is 21.6 Å². The molecular weight excluding hydrogens is 302 g/mol. The lowest BCUT2D eigenvalue weighted by Gasteiger charge is -2.17. The van der Waals surface area contributed by atoms with E-state index in [1.807, 2.05) is 0 Å². The predicted octanol–water partition coefficient (Wildman–Crippen LogP) is 2.60. The molecular formula is C16H17NO6. The molecule has 122 valence electrons. The minimum absolute atomic E-state index is 0.161. The van der Waals surface area contributed by atoms with Gasteiger partial charge < -0.3 is 9.47 Å². The Labute approximate surface area is 133 Å². The lowest BCUT2D eigenvalue weighted by molar-refractivity contribution is -0.502. The van der Waals surface area contributed by atoms with Gasteiger partial charge in [0.05, 0.1) is 5.57 Å². The fourth-order valence-electron chi connectivity index (χ4n) is 1.67. The summed E-state index contributed by atoms with van der Waals surface area (Å²) in [5, 5.41) is 11.3. The largest absolute Gasteiger partial charge is 0.431 e. The van der Waals surface area contributed by atoms with Crippen LogP contribution < -0.4 is 0 Å². The molecule has 0 aromatic carbocycles. The molecule has 1 rings (SSSR count). The van der Waals surface area contributed by atoms with E-state index < -0.39 is 22.9 Å². The van der Waals surface area contributed by atoms with Crippen molar-refractivity contribution in [1.82, 2.24) is 0 Å². The molecule has 0 radical (unpaired) electrons. The van der Waals surface area contributed by atoms with Crippen LogP contribution in [-0.2, 0) is 19.1 Å². The molecule has 0 aromatic heterocycles. The monoisotopic (exact) mass is 319 g/mol. The molecule has 23 heavy (non-hydrogen) atoms. The highest BCUT2D eigenvalue weighted by Crippen LogP contribution is 2.26. The van der Waals surface area contributed by atoms with Gasteiger partial charge in [0.1, 0.15) is 12.5 Å². The van der Waals surface area contributed by atoms with E-state index in [0.29, 0.717) is 0 Å². The first-order valence-corrected chi connectivity index (χ1v) is 6.66. The van der Waals surface area contributed by atoms with Gasteiger partial charge in [0.25, 0.3) is 6.04 Å². The van der Waals surface area contributed by atoms with Crippen molar-refractivity contribution in [3.8, 4) is 0 Å². The maximum atomic E-state index is 11.4. The minimum atomic E-state index is -1.27. The van der Waals surface area contributed by atoms with E-state index in [9.17, 15) is 19.7 Å². The summed E-state index contributed by atoms with van der Waals surface area (Å²) in [5.41, 5.74) is 0.764. The second-order valence-electron chi connectivity index (χ2n) is 4.98. The lowest BCUT2D eigenvalue weighted by atomic mass is 9.93. The van der Waals surface area contributed by atoms with Crippen molar-refractivity contribution in [2.24, 2.45) is 0 Å². The zero-order chi connectivity index (χ0) is 17.6. The second-order valence-corrected chi connectivity index (χ2v) is 4.98. The summed E-state index contributed by atoms with van der Waals surface area (Å²) < 4.78 is 9.68. The highest BCUT2D eigenvalue weighted by atomic mass is 16.6. The number of hydrogen-bond donors (Lipinski definition) is 0. The van der Waals surface area contributed by atoms with Gasteiger partial charge in [-0.05, 0) is 20.3 Å². The number of allylic oxidation sites excluding steroid dienone is 1. The summed E-state index contributed by atoms with van der Waals surface area (Å²) in [6, 6.07) is -1.27. The van der Waals surface area contributed by atoms with Crippen LogP contribution in [0.5, 0.6) is 0 Å². The highest BCUT2D eigenvalue weighted by Gasteiger charge is 2.32. The molecule has 7 nitrogen and oxygen atoms in total. The van der Waals surface area contributed by atoms with Crippen LogP contribution >= 0.6 is 0 Å². The summed E-state index contributed by atoms with van der Waals surface area (Å²) in [5.74, 6) is -1.36. The summed E-state index contributed by atoms with van der Waals surface area (Å²) in [6.45, 7) is 9.78. The fourth-order valence-corrected chi connectivity index (χ4v) is 1.67. The molecule has 0 saturated carbocycles. The van der Waals surface area contributed by atoms with Crippen molar-refractivity contribution in [2.75, 3.05) is 0 Å². The number of carbonyl (C=O) groups is 2. The third-order valence-corrected chi connectivity index (χ3v) is 2.86. The maximum Gasteiger partial charge on any atom is 0.337 e. The number of carbonyl (C=O) groups excluding carboxylic acids is 2. The Morgan fingerprint density at radius 1 is 1.22 bits per heavy atom. The van der Waals surface area contributed by atoms with Crippen LogP contribution in [0.1, 0.15) is 20.3 Å². The van der Waals surface area contributed by atoms with Crippen LogP contribution in [0, 0.1) is 10.1 Å². The SMILES string of the molecule is C=C(C)C(=O)OC=C1C=CCC(=COC(=O)C(=C)C)C1[N+](=O)[O-]. The predicted molar refractivity (Wildman–Crippen MR) is 82.5 cm³/mol. The number of ether oxygens (including phenoxy) is 2. The standard InChI is InChI=1S/C16H17NO6/c1-10(2)15(18)22-8-12-6-5-7-13(14(12)17(20)21)9-23-16(19)11(3)4/h5-6,8-9,14H,1,3,7H2,2,4H3. The van der Waals surface area contributed by atoms with Gasteiger partial charge in [-0.1, -0.05) is 25.3 Å². The van der Waals surface area contributed by atoms with E-state index in [4.69, 9.17) is 9.47 Å². The maximum absolute atomic E-state index is 11.4. The van der Waals surface area contributed by atoms with Crippen molar-refractivity contribution < 1.29 is 24.0 Å². The Balaban J connectivity index is 3.03. The molecule has 0 bridgehead atoms. The smallest absolute Gasteiger partial charge is 0.337 e. The van der Waals surface area contributed by atoms with E-state index in [1.54, 1.807) is 6.08 Å². The molecule has 0 fully saturated rings. The van der Waals surface area contributed by atoms with Crippen LogP contribution in [0.3, 0.4) is 0 Å². The molecule has 1 aliphatic carbocycles. The molecule has 0 spiro atoms. The molecule has 1 aliphatic rings. The van der Waals surface area contributed by atoms with Gasteiger partial charge in [0.2, 0.25) is 0 Å². The van der Waals surface area contributed by atoms with Crippen molar-refractivity contribution in [2.45, 2.75) is 26.3 Å². The molecule has 7 heteroatoms. The summed E-state index contributed by atoms with van der Waals surface area (Å²) in [4.78, 5) is 33.5. The average molecular weight is 319 g/mol. The quantitative estimate of drug-likeness (QED) is 0.254. The van der Waals surface area contributed by atoms with E-state index >= 15 is 0 Å². The number of nitro groups is 1. The second kappa shape index (κ2) is 7.88. The van der Waals surface area contributed by atoms with Gasteiger partial charge in [-0.2, -0.15) is 0 Å². The van der Waals surface area contributed by atoms with E-state index in [1.165, 1.54) is 19.9 Å². The zero-order valence-corrected chi connectivity index (χ0v) is 12.9. The van der Waals surface area contributed by atoms with Gasteiger partial charge >= 0.3 is 11.9 Å². The van der Waals surface area contributed by atoms with Crippen molar-refractivity contribution >= 4 is 11.9 Å². The fraction of sp³-hybridized carbons (Fsp3) is 0.250. The van der Waals surface area contributed by atoms with Crippen LogP contribution in [-0.4, -0.2) is 22.9 Å². The lowest BCUT2D eigenvalue weighted by Crippen LogP contribution is -2.26. The Hall–Kier alpha value is -2.96. The van der Waals surface area contributed by atoms with E-state index in [-0.39, 0.29) is 28.7 Å². The van der Waals surface area contributed by atoms with Crippen LogP contribution in [0.2, 0.25) is 0 Å². The molecule has 0 N–H and O–H groups in total. The van der Waals surface area contributed by atoms with Crippen LogP contribution in [0.25, 0.3) is 0 Å². The van der Waals surface area contributed by atoms with Gasteiger partial charge in [-0.3, -0.25) is 10.1 Å². The van der Waals surface area contributed by atoms with Gasteiger partial charge in [-0.25, -0.2) is 9.59 Å². The Morgan fingerprint density at radius 3 is 2.22 bits per heavy atom. The molecule has 0 aromatic rings. The molecule has 1 unspecified atom stereocenters. The number of esters is 2. The molecule has 1 atom stereocenters. The van der Waals surface area contributed by atoms with E-state index in [2.05, 4.69) is 13.2 Å².